The molecule has 0 bridgehead atoms. The predicted octanol–water partition coefficient (Wildman–Crippen LogP) is 3.65. The molecule has 1 atom stereocenters. The lowest BCUT2D eigenvalue weighted by Crippen LogP contribution is -2.49. The number of nitrogens with zero attached hydrogens (tertiary/aromatic N) is 4. The van der Waals surface area contributed by atoms with Crippen molar-refractivity contribution in [1.82, 2.24) is 20.0 Å². The van der Waals surface area contributed by atoms with Gasteiger partial charge in [-0.3, -0.25) is 9.59 Å². The molecule has 0 aliphatic carbocycles. The van der Waals surface area contributed by atoms with E-state index in [4.69, 9.17) is 16.3 Å². The Labute approximate surface area is 208 Å². The van der Waals surface area contributed by atoms with Gasteiger partial charge < -0.3 is 19.9 Å². The Hall–Kier alpha value is -3.85. The highest BCUT2D eigenvalue weighted by molar-refractivity contribution is 6.34. The molecule has 1 N–H and O–H groups in total. The summed E-state index contributed by atoms with van der Waals surface area (Å²) in [7, 11) is 0. The summed E-state index contributed by atoms with van der Waals surface area (Å²) < 4.78 is 6.55. The third kappa shape index (κ3) is 5.30. The van der Waals surface area contributed by atoms with Gasteiger partial charge in [-0.05, 0) is 49.7 Å². The number of carbonyl (C=O) groups is 3. The molecule has 1 aliphatic heterocycles. The van der Waals surface area contributed by atoms with Gasteiger partial charge in [0.25, 0.3) is 5.91 Å². The highest BCUT2D eigenvalue weighted by atomic mass is 35.5. The third-order valence-corrected chi connectivity index (χ3v) is 6.06. The van der Waals surface area contributed by atoms with Crippen LogP contribution < -0.4 is 10.2 Å². The largest absolute Gasteiger partial charge is 0.465 e. The number of para-hydroxylation sites is 1. The molecule has 1 aromatic heterocycles. The van der Waals surface area contributed by atoms with E-state index in [0.717, 1.165) is 11.3 Å². The Morgan fingerprint density at radius 2 is 1.97 bits per heavy atom. The minimum atomic E-state index is -0.506. The van der Waals surface area contributed by atoms with Crippen LogP contribution in [0.3, 0.4) is 0 Å². The maximum Gasteiger partial charge on any atom is 0.325 e. The van der Waals surface area contributed by atoms with Crippen LogP contribution in [0.2, 0.25) is 5.02 Å². The summed E-state index contributed by atoms with van der Waals surface area (Å²) in [5.41, 5.74) is 2.61. The number of benzene rings is 2. The van der Waals surface area contributed by atoms with Crippen molar-refractivity contribution in [2.24, 2.45) is 0 Å². The van der Waals surface area contributed by atoms with E-state index in [1.165, 1.54) is 0 Å². The second-order valence-corrected chi connectivity index (χ2v) is 8.51. The lowest BCUT2D eigenvalue weighted by atomic mass is 10.1. The van der Waals surface area contributed by atoms with Crippen LogP contribution in [0.1, 0.15) is 29.8 Å². The molecule has 0 spiro atoms. The fraction of sp³-hybridized carbons (Fsp3) is 0.280. The molecule has 0 saturated carbocycles. The zero-order valence-corrected chi connectivity index (χ0v) is 20.2. The molecule has 3 aromatic rings. The van der Waals surface area contributed by atoms with Gasteiger partial charge in [0.1, 0.15) is 6.54 Å². The number of ether oxygens (including phenoxy) is 1. The standard InChI is InChI=1S/C25H26ClN5O4/c1-3-35-23(32)14-27-25(34)29-16-18-7-4-5-8-22(18)30(15-17(29)2)24(33)20-10-9-19(13-21(20)26)31-12-6-11-28-31/h4-13,17H,3,14-16H2,1-2H3,(H,27,34)/t17-/m0/s1. The number of halogens is 1. The molecule has 10 heteroatoms. The number of esters is 1. The number of carbonyl (C=O) groups excluding carboxylic acids is 3. The molecule has 0 radical (unpaired) electrons. The van der Waals surface area contributed by atoms with Crippen LogP contribution >= 0.6 is 11.6 Å². The van der Waals surface area contributed by atoms with Crippen LogP contribution in [0.5, 0.6) is 0 Å². The van der Waals surface area contributed by atoms with Crippen LogP contribution in [0, 0.1) is 0 Å². The number of rotatable bonds is 5. The second kappa shape index (κ2) is 10.6. The van der Waals surface area contributed by atoms with Crippen molar-refractivity contribution in [2.75, 3.05) is 24.6 Å². The number of hydrogen-bond acceptors (Lipinski definition) is 5. The topological polar surface area (TPSA) is 96.8 Å². The number of nitrogens with one attached hydrogen (secondary N) is 1. The summed E-state index contributed by atoms with van der Waals surface area (Å²) in [5.74, 6) is -0.774. The molecule has 0 saturated heterocycles. The quantitative estimate of drug-likeness (QED) is 0.545. The van der Waals surface area contributed by atoms with Crippen LogP contribution in [0.25, 0.3) is 5.69 Å². The van der Waals surface area contributed by atoms with Crippen LogP contribution in [0.4, 0.5) is 10.5 Å². The van der Waals surface area contributed by atoms with Gasteiger partial charge in [-0.25, -0.2) is 9.48 Å². The summed E-state index contributed by atoms with van der Waals surface area (Å²) in [5, 5.41) is 7.11. The maximum atomic E-state index is 13.7. The first-order valence-corrected chi connectivity index (χ1v) is 11.7. The van der Waals surface area contributed by atoms with Crippen LogP contribution in [0.15, 0.2) is 60.9 Å². The number of aromatic nitrogens is 2. The summed E-state index contributed by atoms with van der Waals surface area (Å²) in [6.07, 6.45) is 3.46. The monoisotopic (exact) mass is 495 g/mol. The summed E-state index contributed by atoms with van der Waals surface area (Å²) >= 11 is 6.53. The Morgan fingerprint density at radius 1 is 1.17 bits per heavy atom. The minimum absolute atomic E-state index is 0.224. The fourth-order valence-electron chi connectivity index (χ4n) is 4.02. The van der Waals surface area contributed by atoms with Gasteiger partial charge in [-0.15, -0.1) is 0 Å². The van der Waals surface area contributed by atoms with E-state index in [1.807, 2.05) is 31.2 Å². The highest BCUT2D eigenvalue weighted by Gasteiger charge is 2.32. The van der Waals surface area contributed by atoms with Gasteiger partial charge in [0.2, 0.25) is 0 Å². The normalized spacial score (nSPS) is 15.2. The predicted molar refractivity (Wildman–Crippen MR) is 132 cm³/mol. The van der Waals surface area contributed by atoms with Crippen molar-refractivity contribution in [2.45, 2.75) is 26.4 Å². The first kappa shape index (κ1) is 24.3. The van der Waals surface area contributed by atoms with Crippen molar-refractivity contribution in [1.29, 1.82) is 0 Å². The highest BCUT2D eigenvalue weighted by Crippen LogP contribution is 2.30. The summed E-state index contributed by atoms with van der Waals surface area (Å²) in [6, 6.07) is 13.7. The molecule has 4 rings (SSSR count). The van der Waals surface area contributed by atoms with Gasteiger partial charge >= 0.3 is 12.0 Å². The average molecular weight is 496 g/mol. The molecule has 0 fully saturated rings. The Balaban J connectivity index is 1.59. The van der Waals surface area contributed by atoms with Gasteiger partial charge in [0.15, 0.2) is 0 Å². The molecule has 35 heavy (non-hydrogen) atoms. The zero-order chi connectivity index (χ0) is 24.9. The molecule has 1 aliphatic rings. The Morgan fingerprint density at radius 3 is 2.69 bits per heavy atom. The zero-order valence-electron chi connectivity index (χ0n) is 19.5. The Bertz CT molecular complexity index is 1230. The first-order valence-electron chi connectivity index (χ1n) is 11.3. The van der Waals surface area contributed by atoms with E-state index in [0.29, 0.717) is 16.3 Å². The van der Waals surface area contributed by atoms with Gasteiger partial charge in [0.05, 0.1) is 22.9 Å². The van der Waals surface area contributed by atoms with Crippen molar-refractivity contribution in [3.05, 3.63) is 77.1 Å². The van der Waals surface area contributed by atoms with E-state index >= 15 is 0 Å². The van der Waals surface area contributed by atoms with E-state index in [-0.39, 0.29) is 38.2 Å². The molecule has 2 heterocycles. The first-order chi connectivity index (χ1) is 16.9. The maximum absolute atomic E-state index is 13.7. The SMILES string of the molecule is CCOC(=O)CNC(=O)N1Cc2ccccc2N(C(=O)c2ccc(-n3cccn3)cc2Cl)C[C@@H]1C. The summed E-state index contributed by atoms with van der Waals surface area (Å²) in [6.45, 7) is 4.11. The minimum Gasteiger partial charge on any atom is -0.465 e. The fourth-order valence-corrected chi connectivity index (χ4v) is 4.28. The van der Waals surface area contributed by atoms with Crippen molar-refractivity contribution >= 4 is 35.2 Å². The van der Waals surface area contributed by atoms with E-state index in [2.05, 4.69) is 10.4 Å². The van der Waals surface area contributed by atoms with Gasteiger partial charge in [-0.2, -0.15) is 5.10 Å². The van der Waals surface area contributed by atoms with E-state index < -0.39 is 12.0 Å². The molecular formula is C25H26ClN5O4. The summed E-state index contributed by atoms with van der Waals surface area (Å²) in [4.78, 5) is 41.5. The van der Waals surface area contributed by atoms with Gasteiger partial charge in [0, 0.05) is 37.2 Å². The number of hydrogen-bond donors (Lipinski definition) is 1. The molecule has 182 valence electrons. The second-order valence-electron chi connectivity index (χ2n) is 8.10. The molecule has 2 aromatic carbocycles. The van der Waals surface area contributed by atoms with Crippen LogP contribution in [-0.2, 0) is 16.1 Å². The molecule has 0 unspecified atom stereocenters. The van der Waals surface area contributed by atoms with Crippen molar-refractivity contribution < 1.29 is 19.1 Å². The number of fused-ring (bicyclic) bond motifs is 1. The average Bonchev–Trinajstić information content (AvgIpc) is 3.34. The number of anilines is 1. The van der Waals surface area contributed by atoms with Crippen LogP contribution in [-0.4, -0.2) is 58.3 Å². The number of amides is 3. The molecular weight excluding hydrogens is 470 g/mol. The molecule has 3 amide bonds. The van der Waals surface area contributed by atoms with E-state index in [9.17, 15) is 14.4 Å². The lowest BCUT2D eigenvalue weighted by molar-refractivity contribution is -0.141. The number of urea groups is 1. The molecule has 9 nitrogen and oxygen atoms in total. The lowest BCUT2D eigenvalue weighted by Gasteiger charge is -2.29. The van der Waals surface area contributed by atoms with Crippen molar-refractivity contribution in [3.8, 4) is 5.69 Å². The van der Waals surface area contributed by atoms with Crippen molar-refractivity contribution in [3.63, 3.8) is 0 Å². The Kier molecular flexibility index (Phi) is 7.36. The smallest absolute Gasteiger partial charge is 0.325 e. The van der Waals surface area contributed by atoms with E-state index in [1.54, 1.807) is 58.1 Å². The van der Waals surface area contributed by atoms with Gasteiger partial charge in [-0.1, -0.05) is 29.8 Å². The third-order valence-electron chi connectivity index (χ3n) is 5.75.